The second-order valence-electron chi connectivity index (χ2n) is 6.32. The molecule has 0 amide bonds. The third kappa shape index (κ3) is 4.98. The Kier molecular flexibility index (Phi) is 6.61. The van der Waals surface area contributed by atoms with Gasteiger partial charge in [0.15, 0.2) is 6.61 Å². The van der Waals surface area contributed by atoms with E-state index in [1.54, 1.807) is 12.1 Å². The van der Waals surface area contributed by atoms with Gasteiger partial charge in [-0.05, 0) is 42.5 Å². The number of rotatable bonds is 6. The fourth-order valence-corrected chi connectivity index (χ4v) is 4.69. The molecule has 0 aromatic heterocycles. The minimum absolute atomic E-state index is 0.0446. The summed E-state index contributed by atoms with van der Waals surface area (Å²) in [4.78, 5) is 13.2. The van der Waals surface area contributed by atoms with E-state index in [-0.39, 0.29) is 41.2 Å². The minimum Gasteiger partial charge on any atom is -0.480 e. The van der Waals surface area contributed by atoms with Gasteiger partial charge in [-0.3, -0.25) is 0 Å². The number of sulfonamides is 1. The Balaban J connectivity index is 1.67. The highest BCUT2D eigenvalue weighted by Crippen LogP contribution is 2.29. The molecular weight excluding hydrogens is 423 g/mol. The smallest absolute Gasteiger partial charge is 0.343 e. The van der Waals surface area contributed by atoms with E-state index in [0.29, 0.717) is 13.1 Å². The van der Waals surface area contributed by atoms with E-state index in [2.05, 4.69) is 4.74 Å². The number of methoxy groups -OCH3 is 1. The van der Waals surface area contributed by atoms with Gasteiger partial charge in [-0.2, -0.15) is 4.31 Å². The molecule has 0 aliphatic carbocycles. The van der Waals surface area contributed by atoms with Crippen molar-refractivity contribution in [1.29, 1.82) is 0 Å². The van der Waals surface area contributed by atoms with E-state index in [9.17, 15) is 17.6 Å². The Labute approximate surface area is 173 Å². The zero-order valence-electron chi connectivity index (χ0n) is 15.7. The first-order valence-electron chi connectivity index (χ1n) is 8.81. The van der Waals surface area contributed by atoms with Gasteiger partial charge in [0.25, 0.3) is 0 Å². The highest BCUT2D eigenvalue weighted by atomic mass is 35.5. The summed E-state index contributed by atoms with van der Waals surface area (Å²) in [6.07, 6.45) is 0. The van der Waals surface area contributed by atoms with Crippen molar-refractivity contribution in [1.82, 2.24) is 4.31 Å². The third-order valence-electron chi connectivity index (χ3n) is 4.54. The largest absolute Gasteiger partial charge is 0.480 e. The second kappa shape index (κ2) is 8.98. The van der Waals surface area contributed by atoms with E-state index in [1.807, 2.05) is 4.90 Å². The first kappa shape index (κ1) is 21.4. The monoisotopic (exact) mass is 442 g/mol. The molecule has 0 radical (unpaired) electrons. The van der Waals surface area contributed by atoms with Crippen LogP contribution < -0.4 is 9.64 Å². The second-order valence-corrected chi connectivity index (χ2v) is 8.67. The molecule has 0 saturated carbocycles. The first-order chi connectivity index (χ1) is 13.8. The van der Waals surface area contributed by atoms with Crippen LogP contribution in [0.3, 0.4) is 0 Å². The first-order valence-corrected chi connectivity index (χ1v) is 10.6. The van der Waals surface area contributed by atoms with Crippen LogP contribution in [-0.2, 0) is 19.6 Å². The molecule has 0 atom stereocenters. The van der Waals surface area contributed by atoms with Gasteiger partial charge >= 0.3 is 5.97 Å². The van der Waals surface area contributed by atoms with Gasteiger partial charge in [0.1, 0.15) is 11.6 Å². The predicted molar refractivity (Wildman–Crippen MR) is 106 cm³/mol. The summed E-state index contributed by atoms with van der Waals surface area (Å²) >= 11 is 6.12. The molecule has 0 unspecified atom stereocenters. The van der Waals surface area contributed by atoms with Crippen molar-refractivity contribution in [3.8, 4) is 5.75 Å². The van der Waals surface area contributed by atoms with E-state index < -0.39 is 16.0 Å². The van der Waals surface area contributed by atoms with Gasteiger partial charge in [-0.1, -0.05) is 11.6 Å². The van der Waals surface area contributed by atoms with Crippen LogP contribution in [-0.4, -0.2) is 58.6 Å². The molecular formula is C19H20ClFN2O5S. The Hall–Kier alpha value is -2.36. The number of carbonyl (C=O) groups excluding carboxylic acids is 1. The molecule has 3 rings (SSSR count). The summed E-state index contributed by atoms with van der Waals surface area (Å²) in [6, 6.07) is 10.2. The van der Waals surface area contributed by atoms with Crippen LogP contribution in [0, 0.1) is 5.82 Å². The number of hydrogen-bond donors (Lipinski definition) is 0. The Bertz CT molecular complexity index is 977. The zero-order valence-corrected chi connectivity index (χ0v) is 17.2. The van der Waals surface area contributed by atoms with Crippen molar-refractivity contribution in [3.05, 3.63) is 53.3 Å². The highest BCUT2D eigenvalue weighted by molar-refractivity contribution is 7.89. The molecule has 2 aromatic rings. The maximum Gasteiger partial charge on any atom is 0.343 e. The van der Waals surface area contributed by atoms with Crippen molar-refractivity contribution in [2.45, 2.75) is 4.90 Å². The summed E-state index contributed by atoms with van der Waals surface area (Å²) in [6.45, 7) is 1.22. The average molecular weight is 443 g/mol. The quantitative estimate of drug-likeness (QED) is 0.640. The summed E-state index contributed by atoms with van der Waals surface area (Å²) < 4.78 is 50.0. The number of esters is 1. The van der Waals surface area contributed by atoms with Gasteiger partial charge < -0.3 is 14.4 Å². The fraction of sp³-hybridized carbons (Fsp3) is 0.316. The van der Waals surface area contributed by atoms with Gasteiger partial charge in [-0.15, -0.1) is 0 Å². The normalized spacial score (nSPS) is 15.2. The SMILES string of the molecule is COC(=O)COc1ccc(S(=O)(=O)N2CCN(c3ccc(F)cc3)CC2)cc1Cl. The molecule has 0 spiro atoms. The van der Waals surface area contributed by atoms with Crippen molar-refractivity contribution in [3.63, 3.8) is 0 Å². The molecule has 1 aliphatic heterocycles. The van der Waals surface area contributed by atoms with E-state index in [1.165, 1.54) is 41.7 Å². The van der Waals surface area contributed by atoms with E-state index in [0.717, 1.165) is 5.69 Å². The number of benzene rings is 2. The zero-order chi connectivity index (χ0) is 21.0. The molecule has 10 heteroatoms. The topological polar surface area (TPSA) is 76.1 Å². The lowest BCUT2D eigenvalue weighted by atomic mass is 10.2. The predicted octanol–water partition coefficient (Wildman–Crippen LogP) is 2.54. The summed E-state index contributed by atoms with van der Waals surface area (Å²) in [5.74, 6) is -0.695. The molecule has 1 fully saturated rings. The summed E-state index contributed by atoms with van der Waals surface area (Å²) in [5, 5.41) is 0.0833. The average Bonchev–Trinajstić information content (AvgIpc) is 2.73. The molecule has 1 saturated heterocycles. The number of nitrogens with zero attached hydrogens (tertiary/aromatic N) is 2. The molecule has 29 heavy (non-hydrogen) atoms. The number of hydrogen-bond acceptors (Lipinski definition) is 6. The van der Waals surface area contributed by atoms with Crippen molar-refractivity contribution < 1.29 is 27.1 Å². The molecule has 7 nitrogen and oxygen atoms in total. The Morgan fingerprint density at radius 1 is 1.10 bits per heavy atom. The van der Waals surface area contributed by atoms with Crippen LogP contribution in [0.1, 0.15) is 0 Å². The van der Waals surface area contributed by atoms with E-state index in [4.69, 9.17) is 16.3 Å². The molecule has 0 bridgehead atoms. The molecule has 156 valence electrons. The molecule has 2 aromatic carbocycles. The summed E-state index contributed by atoms with van der Waals surface area (Å²) in [5.41, 5.74) is 0.846. The molecule has 1 aliphatic rings. The third-order valence-corrected chi connectivity index (χ3v) is 6.73. The van der Waals surface area contributed by atoms with Crippen molar-refractivity contribution >= 4 is 33.3 Å². The standard InChI is InChI=1S/C19H20ClFN2O5S/c1-27-19(24)13-28-18-7-6-16(12-17(18)20)29(25,26)23-10-8-22(9-11-23)15-4-2-14(21)3-5-15/h2-7,12H,8-11,13H2,1H3. The molecule has 1 heterocycles. The van der Waals surface area contributed by atoms with Gasteiger partial charge in [0, 0.05) is 31.9 Å². The maximum atomic E-state index is 13.1. The highest BCUT2D eigenvalue weighted by Gasteiger charge is 2.29. The fourth-order valence-electron chi connectivity index (χ4n) is 2.94. The van der Waals surface area contributed by atoms with Crippen LogP contribution in [0.15, 0.2) is 47.4 Å². The van der Waals surface area contributed by atoms with Crippen LogP contribution in [0.25, 0.3) is 0 Å². The number of carbonyl (C=O) groups is 1. The molecule has 0 N–H and O–H groups in total. The van der Waals surface area contributed by atoms with Crippen LogP contribution in [0.5, 0.6) is 5.75 Å². The minimum atomic E-state index is -3.73. The van der Waals surface area contributed by atoms with Gasteiger partial charge in [0.2, 0.25) is 10.0 Å². The number of halogens is 2. The number of ether oxygens (including phenoxy) is 2. The van der Waals surface area contributed by atoms with Crippen LogP contribution in [0.4, 0.5) is 10.1 Å². The Morgan fingerprint density at radius 3 is 2.34 bits per heavy atom. The van der Waals surface area contributed by atoms with Crippen LogP contribution in [0.2, 0.25) is 5.02 Å². The van der Waals surface area contributed by atoms with E-state index >= 15 is 0 Å². The Morgan fingerprint density at radius 2 is 1.76 bits per heavy atom. The summed E-state index contributed by atoms with van der Waals surface area (Å²) in [7, 11) is -2.50. The van der Waals surface area contributed by atoms with Crippen molar-refractivity contribution in [2.75, 3.05) is 44.8 Å². The van der Waals surface area contributed by atoms with Gasteiger partial charge in [-0.25, -0.2) is 17.6 Å². The lowest BCUT2D eigenvalue weighted by molar-refractivity contribution is -0.142. The maximum absolute atomic E-state index is 13.1. The number of piperazine rings is 1. The van der Waals surface area contributed by atoms with Gasteiger partial charge in [0.05, 0.1) is 17.0 Å². The van der Waals surface area contributed by atoms with Crippen LogP contribution >= 0.6 is 11.6 Å². The lowest BCUT2D eigenvalue weighted by Gasteiger charge is -2.35. The van der Waals surface area contributed by atoms with Crippen molar-refractivity contribution in [2.24, 2.45) is 0 Å². The number of anilines is 1. The lowest BCUT2D eigenvalue weighted by Crippen LogP contribution is -2.48.